The molecule has 4 aromatic rings. The van der Waals surface area contributed by atoms with Crippen LogP contribution in [0.4, 0.5) is 18.9 Å². The molecule has 3 aromatic carbocycles. The molecule has 1 aromatic heterocycles. The Morgan fingerprint density at radius 1 is 0.939 bits per heavy atom. The Hall–Kier alpha value is -3.29. The van der Waals surface area contributed by atoms with Crippen LogP contribution in [-0.2, 0) is 17.5 Å². The molecule has 0 aliphatic rings. The van der Waals surface area contributed by atoms with E-state index in [-0.39, 0.29) is 16.3 Å². The summed E-state index contributed by atoms with van der Waals surface area (Å²) in [5.74, 6) is -1.99. The fourth-order valence-electron chi connectivity index (χ4n) is 3.44. The molecular formula is C24H15Cl2F3N2O2. The summed E-state index contributed by atoms with van der Waals surface area (Å²) in [6, 6.07) is 16.7. The molecule has 0 atom stereocenters. The average Bonchev–Trinajstić information content (AvgIpc) is 3.14. The van der Waals surface area contributed by atoms with E-state index < -0.39 is 23.4 Å². The molecule has 0 aliphatic carbocycles. The van der Waals surface area contributed by atoms with Crippen LogP contribution >= 0.6 is 23.2 Å². The van der Waals surface area contributed by atoms with Crippen molar-refractivity contribution in [3.8, 4) is 0 Å². The fourth-order valence-corrected chi connectivity index (χ4v) is 3.73. The SMILES string of the molecule is O=C(Nc1cc(C(F)(F)F)ccc1Cl)C(=O)c1cn(Cc2ccc(Cl)cc2)c2ccccc12. The Labute approximate surface area is 196 Å². The molecule has 33 heavy (non-hydrogen) atoms. The van der Waals surface area contributed by atoms with Crippen molar-refractivity contribution in [2.75, 3.05) is 5.32 Å². The summed E-state index contributed by atoms with van der Waals surface area (Å²) < 4.78 is 40.8. The van der Waals surface area contributed by atoms with Crippen molar-refractivity contribution in [2.24, 2.45) is 0 Å². The molecule has 0 bridgehead atoms. The second-order valence-electron chi connectivity index (χ2n) is 7.29. The smallest absolute Gasteiger partial charge is 0.342 e. The lowest BCUT2D eigenvalue weighted by atomic mass is 10.1. The summed E-state index contributed by atoms with van der Waals surface area (Å²) in [5.41, 5.74) is 0.490. The third kappa shape index (κ3) is 4.89. The molecule has 1 N–H and O–H groups in total. The number of nitrogens with one attached hydrogen (secondary N) is 1. The van der Waals surface area contributed by atoms with Gasteiger partial charge in [-0.1, -0.05) is 53.5 Å². The van der Waals surface area contributed by atoms with Gasteiger partial charge in [-0.25, -0.2) is 0 Å². The van der Waals surface area contributed by atoms with Crippen LogP contribution in [0.15, 0.2) is 72.9 Å². The number of carbonyl (C=O) groups excluding carboxylic acids is 2. The summed E-state index contributed by atoms with van der Waals surface area (Å²) >= 11 is 11.9. The maximum absolute atomic E-state index is 13.0. The van der Waals surface area contributed by atoms with Gasteiger partial charge in [0.25, 0.3) is 11.7 Å². The van der Waals surface area contributed by atoms with Gasteiger partial charge >= 0.3 is 6.18 Å². The van der Waals surface area contributed by atoms with Crippen molar-refractivity contribution >= 4 is 51.5 Å². The average molecular weight is 491 g/mol. The van der Waals surface area contributed by atoms with Gasteiger partial charge in [0.15, 0.2) is 0 Å². The molecule has 1 heterocycles. The van der Waals surface area contributed by atoms with Crippen molar-refractivity contribution in [3.05, 3.63) is 99.7 Å². The first-order valence-electron chi connectivity index (χ1n) is 9.68. The number of fused-ring (bicyclic) bond motifs is 1. The first kappa shape index (κ1) is 22.9. The standard InChI is InChI=1S/C24H15Cl2F3N2O2/c25-16-8-5-14(6-9-16)12-31-13-18(17-3-1-2-4-21(17)31)22(32)23(33)30-20-11-15(24(27,28)29)7-10-19(20)26/h1-11,13H,12H2,(H,30,33). The number of hydrogen-bond donors (Lipinski definition) is 1. The van der Waals surface area contributed by atoms with Crippen molar-refractivity contribution in [3.63, 3.8) is 0 Å². The normalized spacial score (nSPS) is 11.5. The Morgan fingerprint density at radius 2 is 1.64 bits per heavy atom. The van der Waals surface area contributed by atoms with Crippen molar-refractivity contribution in [1.29, 1.82) is 0 Å². The van der Waals surface area contributed by atoms with Gasteiger partial charge in [-0.3, -0.25) is 9.59 Å². The molecule has 0 fully saturated rings. The summed E-state index contributed by atoms with van der Waals surface area (Å²) in [6.07, 6.45) is -3.07. The lowest BCUT2D eigenvalue weighted by molar-refractivity contribution is -0.137. The molecule has 9 heteroatoms. The van der Waals surface area contributed by atoms with Crippen LogP contribution in [0, 0.1) is 0 Å². The van der Waals surface area contributed by atoms with E-state index in [9.17, 15) is 22.8 Å². The van der Waals surface area contributed by atoms with Crippen LogP contribution < -0.4 is 5.32 Å². The van der Waals surface area contributed by atoms with Crippen LogP contribution in [0.25, 0.3) is 10.9 Å². The zero-order valence-corrected chi connectivity index (χ0v) is 18.3. The Bertz CT molecular complexity index is 1360. The maximum Gasteiger partial charge on any atom is 0.416 e. The third-order valence-corrected chi connectivity index (χ3v) is 5.63. The number of anilines is 1. The first-order valence-corrected chi connectivity index (χ1v) is 10.4. The van der Waals surface area contributed by atoms with Gasteiger partial charge in [0.2, 0.25) is 0 Å². The molecule has 0 spiro atoms. The van der Waals surface area contributed by atoms with E-state index in [4.69, 9.17) is 23.2 Å². The highest BCUT2D eigenvalue weighted by molar-refractivity contribution is 6.49. The molecule has 0 saturated heterocycles. The van der Waals surface area contributed by atoms with Gasteiger partial charge in [-0.2, -0.15) is 13.2 Å². The van der Waals surface area contributed by atoms with E-state index in [1.54, 1.807) is 36.5 Å². The number of rotatable bonds is 5. The van der Waals surface area contributed by atoms with Gasteiger partial charge in [0, 0.05) is 28.7 Å². The highest BCUT2D eigenvalue weighted by Crippen LogP contribution is 2.34. The van der Waals surface area contributed by atoms with E-state index in [2.05, 4.69) is 5.32 Å². The summed E-state index contributed by atoms with van der Waals surface area (Å²) in [6.45, 7) is 0.423. The topological polar surface area (TPSA) is 51.1 Å². The number of amides is 1. The lowest BCUT2D eigenvalue weighted by Gasteiger charge is -2.11. The minimum Gasteiger partial charge on any atom is -0.342 e. The van der Waals surface area contributed by atoms with Crippen molar-refractivity contribution in [2.45, 2.75) is 12.7 Å². The number of para-hydroxylation sites is 1. The number of Topliss-reactive ketones (excluding diaryl/α,β-unsaturated/α-hetero) is 1. The highest BCUT2D eigenvalue weighted by Gasteiger charge is 2.31. The minimum atomic E-state index is -4.62. The first-order chi connectivity index (χ1) is 15.6. The zero-order chi connectivity index (χ0) is 23.8. The number of halogens is 5. The highest BCUT2D eigenvalue weighted by atomic mass is 35.5. The molecule has 0 unspecified atom stereocenters. The van der Waals surface area contributed by atoms with Crippen LogP contribution in [0.5, 0.6) is 0 Å². The summed E-state index contributed by atoms with van der Waals surface area (Å²) in [7, 11) is 0. The molecule has 4 nitrogen and oxygen atoms in total. The lowest BCUT2D eigenvalue weighted by Crippen LogP contribution is -2.23. The number of aromatic nitrogens is 1. The molecule has 168 valence electrons. The molecular weight excluding hydrogens is 476 g/mol. The van der Waals surface area contributed by atoms with Gasteiger partial charge in [-0.15, -0.1) is 0 Å². The Kier molecular flexibility index (Phi) is 6.19. The second-order valence-corrected chi connectivity index (χ2v) is 8.13. The largest absolute Gasteiger partial charge is 0.416 e. The summed E-state index contributed by atoms with van der Waals surface area (Å²) in [5, 5.41) is 3.23. The van der Waals surface area contributed by atoms with E-state index in [0.717, 1.165) is 23.2 Å². The fraction of sp³-hybridized carbons (Fsp3) is 0.0833. The molecule has 1 amide bonds. The number of nitrogens with zero attached hydrogens (tertiary/aromatic N) is 1. The van der Waals surface area contributed by atoms with Crippen LogP contribution in [0.1, 0.15) is 21.5 Å². The van der Waals surface area contributed by atoms with Crippen LogP contribution in [-0.4, -0.2) is 16.3 Å². The third-order valence-electron chi connectivity index (χ3n) is 5.05. The molecule has 0 aliphatic heterocycles. The van der Waals surface area contributed by atoms with Crippen LogP contribution in [0.3, 0.4) is 0 Å². The number of carbonyl (C=O) groups is 2. The number of ketones is 1. The molecule has 0 saturated carbocycles. The van der Waals surface area contributed by atoms with Crippen molar-refractivity contribution in [1.82, 2.24) is 4.57 Å². The van der Waals surface area contributed by atoms with E-state index in [0.29, 0.717) is 23.0 Å². The number of benzene rings is 3. The van der Waals surface area contributed by atoms with Gasteiger partial charge in [-0.05, 0) is 42.0 Å². The minimum absolute atomic E-state index is 0.116. The summed E-state index contributed by atoms with van der Waals surface area (Å²) in [4.78, 5) is 25.6. The van der Waals surface area contributed by atoms with E-state index in [1.165, 1.54) is 0 Å². The number of alkyl halides is 3. The van der Waals surface area contributed by atoms with Gasteiger partial charge in [0.05, 0.1) is 21.8 Å². The molecule has 4 rings (SSSR count). The second kappa shape index (κ2) is 8.92. The predicted molar refractivity (Wildman–Crippen MR) is 122 cm³/mol. The van der Waals surface area contributed by atoms with Crippen LogP contribution in [0.2, 0.25) is 10.0 Å². The van der Waals surface area contributed by atoms with Gasteiger partial charge < -0.3 is 9.88 Å². The van der Waals surface area contributed by atoms with E-state index >= 15 is 0 Å². The quantitative estimate of drug-likeness (QED) is 0.246. The predicted octanol–water partition coefficient (Wildman–Crippen LogP) is 6.84. The van der Waals surface area contributed by atoms with E-state index in [1.807, 2.05) is 22.8 Å². The zero-order valence-electron chi connectivity index (χ0n) is 16.8. The van der Waals surface area contributed by atoms with Gasteiger partial charge in [0.1, 0.15) is 0 Å². The van der Waals surface area contributed by atoms with Crippen molar-refractivity contribution < 1.29 is 22.8 Å². The molecule has 0 radical (unpaired) electrons. The maximum atomic E-state index is 13.0. The number of hydrogen-bond acceptors (Lipinski definition) is 2. The Morgan fingerprint density at radius 3 is 2.33 bits per heavy atom. The Balaban J connectivity index is 1.65. The monoisotopic (exact) mass is 490 g/mol.